The summed E-state index contributed by atoms with van der Waals surface area (Å²) in [5.41, 5.74) is 5.02. The number of aromatic hydroxyl groups is 1. The van der Waals surface area contributed by atoms with Crippen LogP contribution in [0.1, 0.15) is 22.3 Å². The molecule has 0 amide bonds. The lowest BCUT2D eigenvalue weighted by Gasteiger charge is -2.11. The van der Waals surface area contributed by atoms with Gasteiger partial charge in [0.1, 0.15) is 5.82 Å². The molecule has 4 rings (SSSR count). The maximum Gasteiger partial charge on any atom is 0.199 e. The number of halogens is 1. The van der Waals surface area contributed by atoms with Crippen molar-refractivity contribution >= 4 is 22.3 Å². The van der Waals surface area contributed by atoms with Crippen LogP contribution in [0.2, 0.25) is 0 Å². The van der Waals surface area contributed by atoms with Crippen molar-refractivity contribution in [1.82, 2.24) is 9.88 Å². The van der Waals surface area contributed by atoms with Crippen molar-refractivity contribution in [2.45, 2.75) is 13.0 Å². The normalized spacial score (nSPS) is 11.8. The minimum atomic E-state index is -0.392. The second kappa shape index (κ2) is 9.04. The lowest BCUT2D eigenvalue weighted by Crippen LogP contribution is -2.10. The van der Waals surface area contributed by atoms with E-state index >= 15 is 0 Å². The van der Waals surface area contributed by atoms with Gasteiger partial charge in [0, 0.05) is 17.5 Å². The number of nitriles is 1. The first-order valence-corrected chi connectivity index (χ1v) is 10.2. The van der Waals surface area contributed by atoms with Crippen molar-refractivity contribution in [3.8, 4) is 11.9 Å². The third-order valence-electron chi connectivity index (χ3n) is 5.14. The van der Waals surface area contributed by atoms with Crippen molar-refractivity contribution in [3.05, 3.63) is 94.8 Å². The molecule has 0 bridgehead atoms. The Hall–Kier alpha value is -3.95. The summed E-state index contributed by atoms with van der Waals surface area (Å²) >= 11 is 0. The molecule has 0 aliphatic heterocycles. The van der Waals surface area contributed by atoms with Crippen LogP contribution >= 0.6 is 0 Å². The van der Waals surface area contributed by atoms with Crippen molar-refractivity contribution in [1.29, 1.82) is 5.26 Å². The van der Waals surface area contributed by atoms with Gasteiger partial charge in [-0.05, 0) is 61.6 Å². The first-order chi connectivity index (χ1) is 15.4. The molecule has 0 aliphatic carbocycles. The largest absolute Gasteiger partial charge is 0.494 e. The second-order valence-electron chi connectivity index (χ2n) is 7.94. The number of nitrogens with one attached hydrogen (secondary N) is 1. The van der Waals surface area contributed by atoms with Gasteiger partial charge in [-0.2, -0.15) is 5.26 Å². The van der Waals surface area contributed by atoms with Gasteiger partial charge in [-0.1, -0.05) is 30.3 Å². The fourth-order valence-electron chi connectivity index (χ4n) is 3.75. The van der Waals surface area contributed by atoms with Gasteiger partial charge in [0.15, 0.2) is 5.88 Å². The molecule has 0 saturated carbocycles. The van der Waals surface area contributed by atoms with Crippen LogP contribution in [-0.4, -0.2) is 34.8 Å². The maximum absolute atomic E-state index is 13.7. The highest BCUT2D eigenvalue weighted by molar-refractivity contribution is 6.21. The highest BCUT2D eigenvalue weighted by Gasteiger charge is 2.19. The molecule has 0 spiro atoms. The molecule has 2 N–H and O–H groups in total. The van der Waals surface area contributed by atoms with Crippen LogP contribution in [0.25, 0.3) is 10.9 Å². The van der Waals surface area contributed by atoms with Crippen LogP contribution in [0, 0.1) is 17.1 Å². The van der Waals surface area contributed by atoms with Crippen molar-refractivity contribution in [2.75, 3.05) is 14.1 Å². The summed E-state index contributed by atoms with van der Waals surface area (Å²) in [5, 5.41) is 20.5. The van der Waals surface area contributed by atoms with Crippen molar-refractivity contribution in [2.24, 2.45) is 4.99 Å². The average molecular weight is 426 g/mol. The van der Waals surface area contributed by atoms with Crippen molar-refractivity contribution in [3.63, 3.8) is 0 Å². The van der Waals surface area contributed by atoms with Gasteiger partial charge in [0.2, 0.25) is 0 Å². The monoisotopic (exact) mass is 426 g/mol. The Balaban J connectivity index is 1.88. The first-order valence-electron chi connectivity index (χ1n) is 10.2. The zero-order valence-corrected chi connectivity index (χ0v) is 17.9. The number of fused-ring (bicyclic) bond motifs is 1. The number of benzene rings is 3. The Labute approximate surface area is 186 Å². The number of aliphatic imine (C=N–C) groups is 1. The summed E-state index contributed by atoms with van der Waals surface area (Å²) in [6.07, 6.45) is 0.269. The molecule has 4 aromatic rings. The van der Waals surface area contributed by atoms with E-state index < -0.39 is 5.82 Å². The first kappa shape index (κ1) is 21.3. The van der Waals surface area contributed by atoms with Crippen LogP contribution in [0.4, 0.5) is 10.1 Å². The zero-order chi connectivity index (χ0) is 22.7. The molecule has 6 heteroatoms. The van der Waals surface area contributed by atoms with E-state index in [4.69, 9.17) is 10.3 Å². The van der Waals surface area contributed by atoms with Crippen LogP contribution in [0.15, 0.2) is 71.7 Å². The molecule has 0 saturated heterocycles. The molecular weight excluding hydrogens is 403 g/mol. The molecule has 32 heavy (non-hydrogen) atoms. The van der Waals surface area contributed by atoms with Crippen LogP contribution in [0.5, 0.6) is 5.88 Å². The fourth-order valence-corrected chi connectivity index (χ4v) is 3.75. The lowest BCUT2D eigenvalue weighted by molar-refractivity contribution is 0.402. The van der Waals surface area contributed by atoms with Crippen LogP contribution in [0.3, 0.4) is 0 Å². The predicted molar refractivity (Wildman–Crippen MR) is 125 cm³/mol. The molecule has 0 atom stereocenters. The van der Waals surface area contributed by atoms with Gasteiger partial charge < -0.3 is 15.0 Å². The summed E-state index contributed by atoms with van der Waals surface area (Å²) in [4.78, 5) is 9.81. The standard InChI is InChI=1S/C26H23FN4O/c1-31(2)16-18-6-9-21(10-7-18)29-25(19-5-3-4-17(14-19)12-13-28)24-22-11-8-20(27)15-23(22)30-26(24)32/h3-11,14-15,30,32H,12,16H2,1-2H3. The smallest absolute Gasteiger partial charge is 0.199 e. The van der Waals surface area contributed by atoms with E-state index in [1.807, 2.05) is 62.6 Å². The predicted octanol–water partition coefficient (Wildman–Crippen LogP) is 5.31. The number of nitrogens with zero attached hydrogens (tertiary/aromatic N) is 3. The Morgan fingerprint density at radius 1 is 1.06 bits per heavy atom. The van der Waals surface area contributed by atoms with E-state index in [1.54, 1.807) is 6.07 Å². The Kier molecular flexibility index (Phi) is 6.02. The molecule has 1 heterocycles. The van der Waals surface area contributed by atoms with E-state index in [1.165, 1.54) is 12.1 Å². The quantitative estimate of drug-likeness (QED) is 0.410. The molecular formula is C26H23FN4O. The highest BCUT2D eigenvalue weighted by atomic mass is 19.1. The summed E-state index contributed by atoms with van der Waals surface area (Å²) < 4.78 is 13.7. The lowest BCUT2D eigenvalue weighted by atomic mass is 9.98. The number of aromatic amines is 1. The molecule has 5 nitrogen and oxygen atoms in total. The summed E-state index contributed by atoms with van der Waals surface area (Å²) in [5.74, 6) is -0.476. The Bertz CT molecular complexity index is 1330. The molecule has 160 valence electrons. The van der Waals surface area contributed by atoms with Crippen LogP contribution in [-0.2, 0) is 13.0 Å². The molecule has 3 aromatic carbocycles. The third kappa shape index (κ3) is 4.53. The van der Waals surface area contributed by atoms with Gasteiger partial charge in [-0.3, -0.25) is 0 Å². The van der Waals surface area contributed by atoms with E-state index in [-0.39, 0.29) is 12.3 Å². The number of aromatic nitrogens is 1. The molecule has 1 aromatic heterocycles. The van der Waals surface area contributed by atoms with E-state index in [0.717, 1.165) is 28.9 Å². The van der Waals surface area contributed by atoms with Gasteiger partial charge in [0.25, 0.3) is 0 Å². The minimum absolute atomic E-state index is 0.0840. The molecule has 0 fully saturated rings. The molecule has 0 radical (unpaired) electrons. The Morgan fingerprint density at radius 2 is 1.84 bits per heavy atom. The van der Waals surface area contributed by atoms with Crippen LogP contribution < -0.4 is 0 Å². The third-order valence-corrected chi connectivity index (χ3v) is 5.14. The average Bonchev–Trinajstić information content (AvgIpc) is 3.08. The van der Waals surface area contributed by atoms with Gasteiger partial charge in [-0.15, -0.1) is 0 Å². The number of hydrogen-bond acceptors (Lipinski definition) is 4. The van der Waals surface area contributed by atoms with Gasteiger partial charge in [-0.25, -0.2) is 9.38 Å². The van der Waals surface area contributed by atoms with E-state index in [0.29, 0.717) is 22.2 Å². The second-order valence-corrected chi connectivity index (χ2v) is 7.94. The molecule has 0 aliphatic rings. The summed E-state index contributed by atoms with van der Waals surface area (Å²) in [7, 11) is 4.03. The number of hydrogen-bond donors (Lipinski definition) is 2. The fraction of sp³-hybridized carbons (Fsp3) is 0.154. The van der Waals surface area contributed by atoms with Crippen molar-refractivity contribution < 1.29 is 9.50 Å². The van der Waals surface area contributed by atoms with E-state index in [9.17, 15) is 9.50 Å². The maximum atomic E-state index is 13.7. The number of H-pyrrole nitrogens is 1. The zero-order valence-electron chi connectivity index (χ0n) is 17.9. The Morgan fingerprint density at radius 3 is 2.56 bits per heavy atom. The SMILES string of the molecule is CN(C)Cc1ccc(N=C(c2cccc(CC#N)c2)c2c(O)[nH]c3cc(F)ccc23)cc1. The highest BCUT2D eigenvalue weighted by Crippen LogP contribution is 2.32. The number of rotatable bonds is 6. The summed E-state index contributed by atoms with van der Waals surface area (Å²) in [6, 6.07) is 21.9. The van der Waals surface area contributed by atoms with E-state index in [2.05, 4.69) is 16.0 Å². The molecule has 0 unspecified atom stereocenters. The topological polar surface area (TPSA) is 75.4 Å². The summed E-state index contributed by atoms with van der Waals surface area (Å²) in [6.45, 7) is 0.821. The van der Waals surface area contributed by atoms with Gasteiger partial charge >= 0.3 is 0 Å². The van der Waals surface area contributed by atoms with Gasteiger partial charge in [0.05, 0.1) is 35.0 Å². The minimum Gasteiger partial charge on any atom is -0.494 e.